The summed E-state index contributed by atoms with van der Waals surface area (Å²) in [5.41, 5.74) is 3.06. The number of aryl methyl sites for hydroxylation is 1. The lowest BCUT2D eigenvalue weighted by Crippen LogP contribution is -2.24. The SMILES string of the molecule is CCCCCN(Cc1nc2oc(-c3ccc(C)c(F)c3)c(C(=O)NC)c2cc1C1CC1)[SH](=O)=O. The highest BCUT2D eigenvalue weighted by Gasteiger charge is 2.31. The van der Waals surface area contributed by atoms with Crippen molar-refractivity contribution in [2.75, 3.05) is 13.6 Å². The van der Waals surface area contributed by atoms with Crippen molar-refractivity contribution in [3.8, 4) is 11.3 Å². The Morgan fingerprint density at radius 3 is 2.65 bits per heavy atom. The topological polar surface area (TPSA) is 92.5 Å². The minimum Gasteiger partial charge on any atom is -0.437 e. The van der Waals surface area contributed by atoms with Gasteiger partial charge in [0, 0.05) is 19.2 Å². The molecule has 0 spiro atoms. The molecule has 0 aliphatic heterocycles. The Balaban J connectivity index is 1.83. The second-order valence-electron chi connectivity index (χ2n) is 8.83. The van der Waals surface area contributed by atoms with E-state index in [1.165, 1.54) is 17.4 Å². The average Bonchev–Trinajstić information content (AvgIpc) is 3.59. The van der Waals surface area contributed by atoms with Gasteiger partial charge in [-0.05, 0) is 55.4 Å². The van der Waals surface area contributed by atoms with Crippen LogP contribution < -0.4 is 5.32 Å². The van der Waals surface area contributed by atoms with Crippen LogP contribution in [0.5, 0.6) is 0 Å². The van der Waals surface area contributed by atoms with Crippen molar-refractivity contribution in [3.05, 3.63) is 52.5 Å². The first-order chi connectivity index (χ1) is 16.3. The molecule has 0 saturated heterocycles. The molecule has 1 fully saturated rings. The van der Waals surface area contributed by atoms with Crippen molar-refractivity contribution in [2.45, 2.75) is 58.4 Å². The van der Waals surface area contributed by atoms with E-state index in [4.69, 9.17) is 9.40 Å². The molecule has 2 heterocycles. The summed E-state index contributed by atoms with van der Waals surface area (Å²) in [5, 5.41) is 3.19. The van der Waals surface area contributed by atoms with Gasteiger partial charge >= 0.3 is 0 Å². The van der Waals surface area contributed by atoms with Gasteiger partial charge in [-0.1, -0.05) is 31.9 Å². The maximum Gasteiger partial charge on any atom is 0.255 e. The van der Waals surface area contributed by atoms with Crippen molar-refractivity contribution < 1.29 is 22.0 Å². The number of benzene rings is 1. The number of aromatic nitrogens is 1. The standard InChI is InChI=1S/C25H30FN3O4S/c1-4-5-6-11-29(34(31)32)14-21-18(16-9-10-16)13-19-22(24(30)27-3)23(33-25(19)28-21)17-8-7-15(2)20(26)12-17/h7-8,12-13,16,34H,4-6,9-11,14H2,1-3H3,(H,27,30). The fraction of sp³-hybridized carbons (Fsp3) is 0.440. The zero-order chi connectivity index (χ0) is 24.4. The van der Waals surface area contributed by atoms with Crippen LogP contribution in [0.4, 0.5) is 4.39 Å². The van der Waals surface area contributed by atoms with E-state index in [1.807, 2.05) is 6.07 Å². The number of furan rings is 1. The number of amides is 1. The van der Waals surface area contributed by atoms with Gasteiger partial charge in [-0.2, -0.15) is 4.31 Å². The molecule has 1 aliphatic rings. The van der Waals surface area contributed by atoms with Crippen LogP contribution in [0.3, 0.4) is 0 Å². The highest BCUT2D eigenvalue weighted by Crippen LogP contribution is 2.44. The number of hydrogen-bond donors (Lipinski definition) is 2. The van der Waals surface area contributed by atoms with Gasteiger partial charge in [0.2, 0.25) is 16.6 Å². The molecule has 1 aliphatic carbocycles. The van der Waals surface area contributed by atoms with Crippen LogP contribution >= 0.6 is 0 Å². The Kier molecular flexibility index (Phi) is 7.33. The number of fused-ring (bicyclic) bond motifs is 1. The van der Waals surface area contributed by atoms with Crippen LogP contribution in [-0.4, -0.2) is 37.2 Å². The van der Waals surface area contributed by atoms with Crippen LogP contribution in [0.1, 0.15) is 72.1 Å². The summed E-state index contributed by atoms with van der Waals surface area (Å²) >= 11 is 0. The first-order valence-corrected chi connectivity index (χ1v) is 12.8. The third-order valence-electron chi connectivity index (χ3n) is 6.28. The minimum atomic E-state index is -2.76. The van der Waals surface area contributed by atoms with Crippen molar-refractivity contribution in [1.29, 1.82) is 0 Å². The molecule has 1 aromatic carbocycles. The summed E-state index contributed by atoms with van der Waals surface area (Å²) < 4.78 is 45.6. The zero-order valence-corrected chi connectivity index (χ0v) is 20.6. The third kappa shape index (κ3) is 5.00. The lowest BCUT2D eigenvalue weighted by Gasteiger charge is -2.17. The Hall–Kier alpha value is -2.78. The van der Waals surface area contributed by atoms with Crippen LogP contribution in [0.25, 0.3) is 22.4 Å². The van der Waals surface area contributed by atoms with E-state index < -0.39 is 16.7 Å². The molecule has 9 heteroatoms. The monoisotopic (exact) mass is 487 g/mol. The van der Waals surface area contributed by atoms with Gasteiger partial charge < -0.3 is 9.73 Å². The zero-order valence-electron chi connectivity index (χ0n) is 19.7. The molecule has 182 valence electrons. The summed E-state index contributed by atoms with van der Waals surface area (Å²) in [7, 11) is -1.23. The summed E-state index contributed by atoms with van der Waals surface area (Å²) in [4.78, 5) is 17.5. The molecule has 4 rings (SSSR count). The van der Waals surface area contributed by atoms with E-state index in [2.05, 4.69) is 12.2 Å². The van der Waals surface area contributed by atoms with Crippen molar-refractivity contribution in [2.24, 2.45) is 0 Å². The number of carbonyl (C=O) groups is 1. The van der Waals surface area contributed by atoms with Gasteiger partial charge in [-0.3, -0.25) is 4.79 Å². The Morgan fingerprint density at radius 1 is 1.26 bits per heavy atom. The van der Waals surface area contributed by atoms with Crippen LogP contribution in [0, 0.1) is 12.7 Å². The summed E-state index contributed by atoms with van der Waals surface area (Å²) in [6, 6.07) is 6.60. The van der Waals surface area contributed by atoms with E-state index in [1.54, 1.807) is 19.1 Å². The number of hydrogen-bond acceptors (Lipinski definition) is 5. The third-order valence-corrected chi connectivity index (χ3v) is 7.09. The quantitative estimate of drug-likeness (QED) is 0.320. The number of unbranched alkanes of at least 4 members (excludes halogenated alkanes) is 2. The molecule has 2 aromatic heterocycles. The molecular weight excluding hydrogens is 457 g/mol. The largest absolute Gasteiger partial charge is 0.437 e. The lowest BCUT2D eigenvalue weighted by molar-refractivity contribution is 0.0964. The summed E-state index contributed by atoms with van der Waals surface area (Å²) in [6.07, 6.45) is 4.71. The molecule has 0 unspecified atom stereocenters. The maximum absolute atomic E-state index is 14.3. The predicted octanol–water partition coefficient (Wildman–Crippen LogP) is 4.70. The molecular formula is C25H30FN3O4S. The fourth-order valence-electron chi connectivity index (χ4n) is 4.17. The van der Waals surface area contributed by atoms with E-state index in [0.29, 0.717) is 34.3 Å². The van der Waals surface area contributed by atoms with E-state index in [9.17, 15) is 17.6 Å². The molecule has 3 aromatic rings. The Morgan fingerprint density at radius 2 is 2.03 bits per heavy atom. The van der Waals surface area contributed by atoms with E-state index in [0.717, 1.165) is 37.7 Å². The number of nitrogens with zero attached hydrogens (tertiary/aromatic N) is 2. The second-order valence-corrected chi connectivity index (χ2v) is 9.88. The molecule has 34 heavy (non-hydrogen) atoms. The van der Waals surface area contributed by atoms with Crippen LogP contribution in [-0.2, 0) is 17.4 Å². The van der Waals surface area contributed by atoms with Gasteiger partial charge in [0.05, 0.1) is 23.2 Å². The number of nitrogens with one attached hydrogen (secondary N) is 1. The van der Waals surface area contributed by atoms with Gasteiger partial charge in [0.25, 0.3) is 5.91 Å². The molecule has 1 amide bonds. The number of carbonyl (C=O) groups excluding carboxylic acids is 1. The van der Waals surface area contributed by atoms with Gasteiger partial charge in [0.1, 0.15) is 11.6 Å². The van der Waals surface area contributed by atoms with Crippen molar-refractivity contribution >= 4 is 27.9 Å². The van der Waals surface area contributed by atoms with Crippen LogP contribution in [0.15, 0.2) is 28.7 Å². The summed E-state index contributed by atoms with van der Waals surface area (Å²) in [6.45, 7) is 4.33. The van der Waals surface area contributed by atoms with E-state index in [-0.39, 0.29) is 29.8 Å². The van der Waals surface area contributed by atoms with Crippen molar-refractivity contribution in [3.63, 3.8) is 0 Å². The minimum absolute atomic E-state index is 0.161. The number of thiol groups is 1. The van der Waals surface area contributed by atoms with Crippen LogP contribution in [0.2, 0.25) is 0 Å². The number of pyridine rings is 1. The molecule has 0 atom stereocenters. The smallest absolute Gasteiger partial charge is 0.255 e. The van der Waals surface area contributed by atoms with Gasteiger partial charge in [0.15, 0.2) is 0 Å². The Labute approximate surface area is 200 Å². The highest BCUT2D eigenvalue weighted by molar-refractivity contribution is 7.69. The molecule has 1 N–H and O–H groups in total. The normalized spacial score (nSPS) is 13.8. The summed E-state index contributed by atoms with van der Waals surface area (Å²) in [5.74, 6) is -0.221. The number of halogens is 1. The first-order valence-electron chi connectivity index (χ1n) is 11.7. The Bertz CT molecular complexity index is 1290. The maximum atomic E-state index is 14.3. The predicted molar refractivity (Wildman–Crippen MR) is 130 cm³/mol. The number of rotatable bonds is 10. The van der Waals surface area contributed by atoms with Gasteiger partial charge in [-0.15, -0.1) is 0 Å². The fourth-order valence-corrected chi connectivity index (χ4v) is 4.73. The molecule has 7 nitrogen and oxygen atoms in total. The van der Waals surface area contributed by atoms with E-state index >= 15 is 0 Å². The average molecular weight is 488 g/mol. The van der Waals surface area contributed by atoms with Gasteiger partial charge in [-0.25, -0.2) is 17.8 Å². The molecule has 0 bridgehead atoms. The lowest BCUT2D eigenvalue weighted by atomic mass is 10.0. The highest BCUT2D eigenvalue weighted by atomic mass is 32.2. The first kappa shape index (κ1) is 24.3. The van der Waals surface area contributed by atoms with Crippen molar-refractivity contribution in [1.82, 2.24) is 14.6 Å². The molecule has 0 radical (unpaired) electrons. The molecule has 1 saturated carbocycles. The second kappa shape index (κ2) is 10.2.